The Bertz CT molecular complexity index is 1280. The van der Waals surface area contributed by atoms with Crippen molar-refractivity contribution in [1.29, 1.82) is 0 Å². The summed E-state index contributed by atoms with van der Waals surface area (Å²) < 4.78 is 16.0. The first-order valence-corrected chi connectivity index (χ1v) is 10.8. The van der Waals surface area contributed by atoms with Crippen molar-refractivity contribution >= 4 is 28.2 Å². The van der Waals surface area contributed by atoms with Gasteiger partial charge in [-0.1, -0.05) is 12.1 Å². The minimum atomic E-state index is -0.152. The van der Waals surface area contributed by atoms with Crippen molar-refractivity contribution < 1.29 is 13.9 Å². The molecule has 0 fully saturated rings. The molecule has 8 heteroatoms. The molecule has 0 saturated carbocycles. The van der Waals surface area contributed by atoms with Gasteiger partial charge in [-0.2, -0.15) is 0 Å². The molecular formula is C25H25N3O4S. The van der Waals surface area contributed by atoms with E-state index in [4.69, 9.17) is 26.1 Å². The summed E-state index contributed by atoms with van der Waals surface area (Å²) in [5.74, 6) is 2.28. The molecule has 170 valence electrons. The van der Waals surface area contributed by atoms with Crippen LogP contribution in [0.1, 0.15) is 16.9 Å². The lowest BCUT2D eigenvalue weighted by atomic mass is 10.1. The minimum Gasteiger partial charge on any atom is -0.497 e. The third-order valence-corrected chi connectivity index (χ3v) is 5.71. The van der Waals surface area contributed by atoms with E-state index in [0.717, 1.165) is 33.7 Å². The van der Waals surface area contributed by atoms with Gasteiger partial charge in [-0.05, 0) is 66.3 Å². The number of fused-ring (bicyclic) bond motifs is 1. The lowest BCUT2D eigenvalue weighted by Crippen LogP contribution is -2.39. The quantitative estimate of drug-likeness (QED) is 0.379. The number of rotatable bonds is 8. The van der Waals surface area contributed by atoms with Crippen molar-refractivity contribution in [2.45, 2.75) is 19.6 Å². The molecule has 0 aliphatic rings. The maximum Gasteiger partial charge on any atom is 0.253 e. The van der Waals surface area contributed by atoms with E-state index >= 15 is 0 Å². The van der Waals surface area contributed by atoms with E-state index in [0.29, 0.717) is 30.3 Å². The van der Waals surface area contributed by atoms with Gasteiger partial charge in [-0.25, -0.2) is 0 Å². The monoisotopic (exact) mass is 463 g/mol. The number of thiocarbonyl (C=S) groups is 1. The van der Waals surface area contributed by atoms with Crippen LogP contribution >= 0.6 is 12.2 Å². The van der Waals surface area contributed by atoms with Gasteiger partial charge < -0.3 is 29.1 Å². The van der Waals surface area contributed by atoms with E-state index in [1.54, 1.807) is 20.5 Å². The van der Waals surface area contributed by atoms with E-state index in [1.807, 2.05) is 65.6 Å². The summed E-state index contributed by atoms with van der Waals surface area (Å²) >= 11 is 5.69. The lowest BCUT2D eigenvalue weighted by molar-refractivity contribution is 0.391. The second-order valence-electron chi connectivity index (χ2n) is 7.52. The number of methoxy groups -OCH3 is 2. The largest absolute Gasteiger partial charge is 0.497 e. The van der Waals surface area contributed by atoms with Gasteiger partial charge in [0, 0.05) is 23.0 Å². The van der Waals surface area contributed by atoms with Crippen molar-refractivity contribution in [3.05, 3.63) is 94.2 Å². The molecule has 0 atom stereocenters. The van der Waals surface area contributed by atoms with Gasteiger partial charge in [0.25, 0.3) is 5.56 Å². The van der Waals surface area contributed by atoms with E-state index < -0.39 is 0 Å². The van der Waals surface area contributed by atoms with Crippen LogP contribution in [-0.4, -0.2) is 29.2 Å². The van der Waals surface area contributed by atoms with Gasteiger partial charge in [0.05, 0.1) is 33.6 Å². The number of nitrogens with zero attached hydrogens (tertiary/aromatic N) is 1. The predicted octanol–water partition coefficient (Wildman–Crippen LogP) is 4.22. The zero-order valence-electron chi connectivity index (χ0n) is 18.5. The van der Waals surface area contributed by atoms with Gasteiger partial charge in [-0.15, -0.1) is 0 Å². The summed E-state index contributed by atoms with van der Waals surface area (Å²) in [6.07, 6.45) is 1.62. The Kier molecular flexibility index (Phi) is 6.95. The van der Waals surface area contributed by atoms with Gasteiger partial charge >= 0.3 is 0 Å². The molecule has 4 rings (SSSR count). The van der Waals surface area contributed by atoms with Crippen LogP contribution in [-0.2, 0) is 19.6 Å². The molecule has 0 aliphatic carbocycles. The van der Waals surface area contributed by atoms with Crippen LogP contribution in [0.25, 0.3) is 10.9 Å². The molecule has 0 unspecified atom stereocenters. The number of furan rings is 1. The van der Waals surface area contributed by atoms with Crippen molar-refractivity contribution in [3.63, 3.8) is 0 Å². The van der Waals surface area contributed by atoms with E-state index in [2.05, 4.69) is 10.3 Å². The maximum absolute atomic E-state index is 12.8. The summed E-state index contributed by atoms with van der Waals surface area (Å²) in [5, 5.41) is 4.64. The highest BCUT2D eigenvalue weighted by Gasteiger charge is 2.15. The molecule has 0 aliphatic heterocycles. The number of H-pyrrole nitrogens is 1. The number of hydrogen-bond acceptors (Lipinski definition) is 5. The SMILES string of the molecule is COc1ccc(CN(Cc2cc3cc(OC)ccc3[nH]c2=O)C(=S)NCc2ccco2)cc1. The number of nitrogens with one attached hydrogen (secondary N) is 2. The number of ether oxygens (including phenoxy) is 2. The minimum absolute atomic E-state index is 0.152. The fourth-order valence-corrected chi connectivity index (χ4v) is 3.72. The van der Waals surface area contributed by atoms with Gasteiger partial charge in [0.2, 0.25) is 0 Å². The molecule has 2 N–H and O–H groups in total. The summed E-state index contributed by atoms with van der Waals surface area (Å²) in [7, 11) is 3.25. The summed E-state index contributed by atoms with van der Waals surface area (Å²) in [6, 6.07) is 18.9. The molecule has 0 spiro atoms. The normalized spacial score (nSPS) is 10.7. The predicted molar refractivity (Wildman–Crippen MR) is 132 cm³/mol. The van der Waals surface area contributed by atoms with E-state index in [1.165, 1.54) is 0 Å². The van der Waals surface area contributed by atoms with E-state index in [9.17, 15) is 4.79 Å². The Morgan fingerprint density at radius 1 is 1.03 bits per heavy atom. The number of benzene rings is 2. The highest BCUT2D eigenvalue weighted by atomic mass is 32.1. The van der Waals surface area contributed by atoms with Crippen molar-refractivity contribution in [1.82, 2.24) is 15.2 Å². The first-order valence-electron chi connectivity index (χ1n) is 10.4. The average molecular weight is 464 g/mol. The second kappa shape index (κ2) is 10.2. The topological polar surface area (TPSA) is 79.7 Å². The van der Waals surface area contributed by atoms with Crippen LogP contribution in [0, 0.1) is 0 Å². The number of pyridine rings is 1. The molecule has 0 bridgehead atoms. The molecular weight excluding hydrogens is 438 g/mol. The van der Waals surface area contributed by atoms with Crippen molar-refractivity contribution in [2.24, 2.45) is 0 Å². The number of aromatic nitrogens is 1. The summed E-state index contributed by atoms with van der Waals surface area (Å²) in [4.78, 5) is 17.7. The molecule has 0 amide bonds. The van der Waals surface area contributed by atoms with Gasteiger partial charge in [0.15, 0.2) is 5.11 Å². The fraction of sp³-hybridized carbons (Fsp3) is 0.200. The summed E-state index contributed by atoms with van der Waals surface area (Å²) in [6.45, 7) is 1.30. The molecule has 0 radical (unpaired) electrons. The molecule has 2 heterocycles. The molecule has 0 saturated heterocycles. The number of hydrogen-bond donors (Lipinski definition) is 2. The molecule has 7 nitrogen and oxygen atoms in total. The molecule has 4 aromatic rings. The Labute approximate surface area is 196 Å². The van der Waals surface area contributed by atoms with Crippen LogP contribution in [0.3, 0.4) is 0 Å². The Morgan fingerprint density at radius 2 is 1.79 bits per heavy atom. The first-order chi connectivity index (χ1) is 16.1. The lowest BCUT2D eigenvalue weighted by Gasteiger charge is -2.26. The van der Waals surface area contributed by atoms with Crippen LogP contribution in [0.2, 0.25) is 0 Å². The molecule has 33 heavy (non-hydrogen) atoms. The van der Waals surface area contributed by atoms with Gasteiger partial charge in [-0.3, -0.25) is 4.79 Å². The van der Waals surface area contributed by atoms with E-state index in [-0.39, 0.29) is 5.56 Å². The zero-order valence-corrected chi connectivity index (χ0v) is 19.3. The van der Waals surface area contributed by atoms with Gasteiger partial charge in [0.1, 0.15) is 17.3 Å². The van der Waals surface area contributed by atoms with Crippen LogP contribution in [0.15, 0.2) is 76.1 Å². The third kappa shape index (κ3) is 5.53. The third-order valence-electron chi connectivity index (χ3n) is 5.30. The Morgan fingerprint density at radius 3 is 2.48 bits per heavy atom. The summed E-state index contributed by atoms with van der Waals surface area (Å²) in [5.41, 5.74) is 2.24. The standard InChI is InChI=1S/C25H25N3O4S/c1-30-20-7-5-17(6-8-20)15-28(25(33)26-14-22-4-3-11-32-22)16-19-12-18-13-21(31-2)9-10-23(18)27-24(19)29/h3-13H,14-16H2,1-2H3,(H,26,33)(H,27,29). The zero-order chi connectivity index (χ0) is 23.2. The molecule has 2 aromatic heterocycles. The highest BCUT2D eigenvalue weighted by Crippen LogP contribution is 2.20. The second-order valence-corrected chi connectivity index (χ2v) is 7.91. The molecule has 2 aromatic carbocycles. The van der Waals surface area contributed by atoms with Crippen LogP contribution < -0.4 is 20.3 Å². The smallest absolute Gasteiger partial charge is 0.253 e. The maximum atomic E-state index is 12.8. The Balaban J connectivity index is 1.60. The highest BCUT2D eigenvalue weighted by molar-refractivity contribution is 7.80. The van der Waals surface area contributed by atoms with Crippen molar-refractivity contribution in [2.75, 3.05) is 14.2 Å². The average Bonchev–Trinajstić information content (AvgIpc) is 3.36. The first kappa shape index (κ1) is 22.4. The fourth-order valence-electron chi connectivity index (χ4n) is 3.52. The Hall–Kier alpha value is -3.78. The van der Waals surface area contributed by atoms with Crippen LogP contribution in [0.4, 0.5) is 0 Å². The van der Waals surface area contributed by atoms with Crippen molar-refractivity contribution in [3.8, 4) is 11.5 Å². The number of aromatic amines is 1. The van der Waals surface area contributed by atoms with Crippen LogP contribution in [0.5, 0.6) is 11.5 Å².